The quantitative estimate of drug-likeness (QED) is 0.803. The van der Waals surface area contributed by atoms with Crippen molar-refractivity contribution < 1.29 is 18.7 Å². The molecule has 1 heterocycles. The average Bonchev–Trinajstić information content (AvgIpc) is 2.68. The Labute approximate surface area is 163 Å². The Morgan fingerprint density at radius 2 is 1.86 bits per heavy atom. The molecule has 2 N–H and O–H groups in total. The molecule has 0 saturated carbocycles. The van der Waals surface area contributed by atoms with Crippen molar-refractivity contribution in [3.8, 4) is 0 Å². The van der Waals surface area contributed by atoms with Crippen LogP contribution in [0.2, 0.25) is 0 Å². The molecule has 2 aromatic rings. The van der Waals surface area contributed by atoms with E-state index in [4.69, 9.17) is 4.74 Å². The topological polar surface area (TPSA) is 70.7 Å². The third-order valence-corrected chi connectivity index (χ3v) is 4.59. The third-order valence-electron chi connectivity index (χ3n) is 4.59. The number of carbonyl (C=O) groups excluding carboxylic acids is 2. The summed E-state index contributed by atoms with van der Waals surface area (Å²) in [7, 11) is 1.55. The summed E-state index contributed by atoms with van der Waals surface area (Å²) in [5, 5.41) is 5.71. The molecule has 0 radical (unpaired) electrons. The molecule has 28 heavy (non-hydrogen) atoms. The molecule has 0 unspecified atom stereocenters. The normalized spacial score (nSPS) is 16.8. The van der Waals surface area contributed by atoms with Crippen molar-refractivity contribution in [1.29, 1.82) is 0 Å². The SMILES string of the molecule is COCCN1C(=O)N[C@H](c2ccc(F)cc2)C(C(=O)Nc2ccccc2)=C1C. The van der Waals surface area contributed by atoms with Gasteiger partial charge in [0.05, 0.1) is 24.8 Å². The maximum Gasteiger partial charge on any atom is 0.322 e. The number of nitrogens with zero attached hydrogens (tertiary/aromatic N) is 1. The van der Waals surface area contributed by atoms with Crippen LogP contribution in [0.5, 0.6) is 0 Å². The van der Waals surface area contributed by atoms with Gasteiger partial charge in [-0.15, -0.1) is 0 Å². The van der Waals surface area contributed by atoms with Crippen molar-refractivity contribution in [3.63, 3.8) is 0 Å². The summed E-state index contributed by atoms with van der Waals surface area (Å²) in [6, 6.07) is 13.8. The molecule has 0 bridgehead atoms. The minimum atomic E-state index is -0.685. The van der Waals surface area contributed by atoms with E-state index in [1.807, 2.05) is 18.2 Å². The van der Waals surface area contributed by atoms with E-state index < -0.39 is 6.04 Å². The first-order valence-electron chi connectivity index (χ1n) is 8.91. The van der Waals surface area contributed by atoms with Gasteiger partial charge in [0.2, 0.25) is 0 Å². The van der Waals surface area contributed by atoms with E-state index in [-0.39, 0.29) is 17.8 Å². The smallest absolute Gasteiger partial charge is 0.322 e. The lowest BCUT2D eigenvalue weighted by Gasteiger charge is -2.35. The second kappa shape index (κ2) is 8.67. The van der Waals surface area contributed by atoms with E-state index in [2.05, 4.69) is 10.6 Å². The molecule has 0 saturated heterocycles. The van der Waals surface area contributed by atoms with Crippen LogP contribution < -0.4 is 10.6 Å². The van der Waals surface area contributed by atoms with Crippen LogP contribution in [-0.2, 0) is 9.53 Å². The van der Waals surface area contributed by atoms with Gasteiger partial charge in [-0.3, -0.25) is 9.69 Å². The molecule has 0 spiro atoms. The fraction of sp³-hybridized carbons (Fsp3) is 0.238. The average molecular weight is 383 g/mol. The highest BCUT2D eigenvalue weighted by molar-refractivity contribution is 6.06. The van der Waals surface area contributed by atoms with Gasteiger partial charge in [0, 0.05) is 18.5 Å². The molecule has 146 valence electrons. The predicted octanol–water partition coefficient (Wildman–Crippen LogP) is 3.45. The van der Waals surface area contributed by atoms with Gasteiger partial charge in [0.15, 0.2) is 0 Å². The first kappa shape index (κ1) is 19.6. The van der Waals surface area contributed by atoms with Crippen LogP contribution in [0.3, 0.4) is 0 Å². The summed E-state index contributed by atoms with van der Waals surface area (Å²) in [4.78, 5) is 27.2. The lowest BCUT2D eigenvalue weighted by atomic mass is 9.94. The summed E-state index contributed by atoms with van der Waals surface area (Å²) < 4.78 is 18.4. The van der Waals surface area contributed by atoms with Crippen LogP contribution >= 0.6 is 0 Å². The largest absolute Gasteiger partial charge is 0.383 e. The highest BCUT2D eigenvalue weighted by Gasteiger charge is 2.35. The van der Waals surface area contributed by atoms with Crippen LogP contribution in [0, 0.1) is 5.82 Å². The number of nitrogens with one attached hydrogen (secondary N) is 2. The Balaban J connectivity index is 2.00. The summed E-state index contributed by atoms with van der Waals surface area (Å²) in [6.07, 6.45) is 0. The molecule has 1 aliphatic heterocycles. The maximum atomic E-state index is 13.4. The van der Waals surface area contributed by atoms with Crippen molar-refractivity contribution >= 4 is 17.6 Å². The number of allylic oxidation sites excluding steroid dienone is 1. The van der Waals surface area contributed by atoms with Gasteiger partial charge in [0.1, 0.15) is 5.82 Å². The molecular weight excluding hydrogens is 361 g/mol. The number of hydrogen-bond acceptors (Lipinski definition) is 3. The summed E-state index contributed by atoms with van der Waals surface area (Å²) in [6.45, 7) is 2.37. The summed E-state index contributed by atoms with van der Waals surface area (Å²) in [5.74, 6) is -0.718. The van der Waals surface area contributed by atoms with E-state index in [0.717, 1.165) is 0 Å². The van der Waals surface area contributed by atoms with E-state index >= 15 is 0 Å². The number of ether oxygens (including phenoxy) is 1. The zero-order valence-corrected chi connectivity index (χ0v) is 15.7. The highest BCUT2D eigenvalue weighted by Crippen LogP contribution is 2.31. The number of hydrogen-bond donors (Lipinski definition) is 2. The number of benzene rings is 2. The van der Waals surface area contributed by atoms with Crippen molar-refractivity contribution in [3.05, 3.63) is 77.2 Å². The van der Waals surface area contributed by atoms with E-state index in [1.54, 1.807) is 38.3 Å². The molecule has 1 atom stereocenters. The number of urea groups is 1. The van der Waals surface area contributed by atoms with Crippen LogP contribution in [0.4, 0.5) is 14.9 Å². The lowest BCUT2D eigenvalue weighted by molar-refractivity contribution is -0.113. The van der Waals surface area contributed by atoms with Gasteiger partial charge in [-0.1, -0.05) is 30.3 Å². The first-order chi connectivity index (χ1) is 13.5. The summed E-state index contributed by atoms with van der Waals surface area (Å²) in [5.41, 5.74) is 2.19. The van der Waals surface area contributed by atoms with E-state index in [1.165, 1.54) is 17.0 Å². The van der Waals surface area contributed by atoms with Gasteiger partial charge in [-0.05, 0) is 36.8 Å². The number of carbonyl (C=O) groups is 2. The van der Waals surface area contributed by atoms with Gasteiger partial charge >= 0.3 is 6.03 Å². The minimum Gasteiger partial charge on any atom is -0.383 e. The second-order valence-corrected chi connectivity index (χ2v) is 6.40. The van der Waals surface area contributed by atoms with Crippen molar-refractivity contribution in [1.82, 2.24) is 10.2 Å². The summed E-state index contributed by atoms with van der Waals surface area (Å²) >= 11 is 0. The number of para-hydroxylation sites is 1. The Morgan fingerprint density at radius 3 is 2.50 bits per heavy atom. The third kappa shape index (κ3) is 4.20. The number of halogens is 1. The molecule has 2 aromatic carbocycles. The van der Waals surface area contributed by atoms with Crippen LogP contribution in [-0.4, -0.2) is 37.1 Å². The van der Waals surface area contributed by atoms with Gasteiger partial charge in [-0.2, -0.15) is 0 Å². The minimum absolute atomic E-state index is 0.312. The number of anilines is 1. The molecular formula is C21H22FN3O3. The maximum absolute atomic E-state index is 13.4. The Kier molecular flexibility index (Phi) is 6.06. The molecule has 0 aliphatic carbocycles. The Bertz CT molecular complexity index is 882. The number of rotatable bonds is 6. The second-order valence-electron chi connectivity index (χ2n) is 6.40. The zero-order valence-electron chi connectivity index (χ0n) is 15.7. The zero-order chi connectivity index (χ0) is 20.1. The standard InChI is InChI=1S/C21H22FN3O3/c1-14-18(20(26)23-17-6-4-3-5-7-17)19(15-8-10-16(22)11-9-15)24-21(27)25(14)12-13-28-2/h3-11,19H,12-13H2,1-2H3,(H,23,26)(H,24,27)/t19-/m1/s1. The molecule has 7 heteroatoms. The van der Waals surface area contributed by atoms with Gasteiger partial charge in [-0.25, -0.2) is 9.18 Å². The van der Waals surface area contributed by atoms with Crippen molar-refractivity contribution in [2.45, 2.75) is 13.0 Å². The monoisotopic (exact) mass is 383 g/mol. The fourth-order valence-corrected chi connectivity index (χ4v) is 3.15. The van der Waals surface area contributed by atoms with Gasteiger partial charge in [0.25, 0.3) is 5.91 Å². The Hall–Kier alpha value is -3.19. The number of methoxy groups -OCH3 is 1. The van der Waals surface area contributed by atoms with E-state index in [0.29, 0.717) is 35.7 Å². The Morgan fingerprint density at radius 1 is 1.18 bits per heavy atom. The fourth-order valence-electron chi connectivity index (χ4n) is 3.15. The van der Waals surface area contributed by atoms with Crippen molar-refractivity contribution in [2.24, 2.45) is 0 Å². The van der Waals surface area contributed by atoms with Gasteiger partial charge < -0.3 is 15.4 Å². The van der Waals surface area contributed by atoms with Crippen molar-refractivity contribution in [2.75, 3.05) is 25.6 Å². The molecule has 0 aromatic heterocycles. The highest BCUT2D eigenvalue weighted by atomic mass is 19.1. The van der Waals surface area contributed by atoms with Crippen LogP contribution in [0.15, 0.2) is 65.9 Å². The first-order valence-corrected chi connectivity index (χ1v) is 8.91. The molecule has 0 fully saturated rings. The molecule has 6 nitrogen and oxygen atoms in total. The lowest BCUT2D eigenvalue weighted by Crippen LogP contribution is -2.49. The number of amides is 3. The molecule has 3 amide bonds. The molecule has 3 rings (SSSR count). The predicted molar refractivity (Wildman–Crippen MR) is 104 cm³/mol. The molecule has 1 aliphatic rings. The van der Waals surface area contributed by atoms with Crippen LogP contribution in [0.1, 0.15) is 18.5 Å². The van der Waals surface area contributed by atoms with Crippen LogP contribution in [0.25, 0.3) is 0 Å². The van der Waals surface area contributed by atoms with E-state index in [9.17, 15) is 14.0 Å².